The summed E-state index contributed by atoms with van der Waals surface area (Å²) in [6, 6.07) is 0.793. The van der Waals surface area contributed by atoms with Gasteiger partial charge in [-0.05, 0) is 26.7 Å². The van der Waals surface area contributed by atoms with E-state index in [4.69, 9.17) is 4.52 Å². The molecule has 2 aliphatic heterocycles. The summed E-state index contributed by atoms with van der Waals surface area (Å²) in [5.41, 5.74) is 2.17. The number of carbonyl (C=O) groups is 1. The molecule has 2 saturated heterocycles. The highest BCUT2D eigenvalue weighted by atomic mass is 16.5. The quantitative estimate of drug-likeness (QED) is 0.796. The zero-order valence-corrected chi connectivity index (χ0v) is 12.8. The van der Waals surface area contributed by atoms with Gasteiger partial charge in [0.1, 0.15) is 5.76 Å². The summed E-state index contributed by atoms with van der Waals surface area (Å²) in [4.78, 5) is 16.6. The topological polar surface area (TPSA) is 49.6 Å². The molecule has 1 amide bonds. The minimum atomic E-state index is 0.273. The second-order valence-electron chi connectivity index (χ2n) is 6.07. The highest BCUT2D eigenvalue weighted by Crippen LogP contribution is 2.33. The van der Waals surface area contributed by atoms with Gasteiger partial charge >= 0.3 is 0 Å². The van der Waals surface area contributed by atoms with Crippen molar-refractivity contribution >= 4 is 5.91 Å². The third-order valence-electron chi connectivity index (χ3n) is 4.87. The van der Waals surface area contributed by atoms with E-state index in [1.807, 2.05) is 24.8 Å². The van der Waals surface area contributed by atoms with E-state index < -0.39 is 0 Å². The summed E-state index contributed by atoms with van der Waals surface area (Å²) >= 11 is 0. The van der Waals surface area contributed by atoms with E-state index in [0.717, 1.165) is 37.4 Å². The number of carbonyl (C=O) groups excluding carboxylic acids is 1. The predicted molar refractivity (Wildman–Crippen MR) is 79.7 cm³/mol. The molecule has 5 nitrogen and oxygen atoms in total. The van der Waals surface area contributed by atoms with Crippen molar-refractivity contribution in [2.24, 2.45) is 0 Å². The van der Waals surface area contributed by atoms with Crippen molar-refractivity contribution in [3.8, 4) is 0 Å². The van der Waals surface area contributed by atoms with Crippen molar-refractivity contribution in [3.05, 3.63) is 29.7 Å². The lowest BCUT2D eigenvalue weighted by Gasteiger charge is -2.39. The van der Waals surface area contributed by atoms with Crippen LogP contribution in [0.3, 0.4) is 0 Å². The molecule has 0 radical (unpaired) electrons. The molecule has 21 heavy (non-hydrogen) atoms. The van der Waals surface area contributed by atoms with Crippen LogP contribution < -0.4 is 0 Å². The Labute approximate surface area is 125 Å². The molecule has 2 fully saturated rings. The van der Waals surface area contributed by atoms with Gasteiger partial charge in [-0.3, -0.25) is 9.69 Å². The average molecular weight is 289 g/mol. The van der Waals surface area contributed by atoms with Gasteiger partial charge in [-0.2, -0.15) is 0 Å². The predicted octanol–water partition coefficient (Wildman–Crippen LogP) is 2.04. The Morgan fingerprint density at radius 3 is 2.86 bits per heavy atom. The van der Waals surface area contributed by atoms with Crippen molar-refractivity contribution < 1.29 is 9.32 Å². The smallest absolute Gasteiger partial charge is 0.223 e. The molecule has 3 rings (SSSR count). The number of rotatable bonds is 4. The van der Waals surface area contributed by atoms with Gasteiger partial charge in [0, 0.05) is 43.7 Å². The van der Waals surface area contributed by atoms with Crippen LogP contribution in [0, 0.1) is 13.8 Å². The molecule has 0 aromatic carbocycles. The molecule has 1 aromatic heterocycles. The molecule has 1 aromatic rings. The first-order valence-corrected chi connectivity index (χ1v) is 7.68. The first kappa shape index (κ1) is 14.3. The maximum atomic E-state index is 12.1. The first-order valence-electron chi connectivity index (χ1n) is 7.68. The van der Waals surface area contributed by atoms with Gasteiger partial charge in [0.15, 0.2) is 0 Å². The van der Waals surface area contributed by atoms with Crippen molar-refractivity contribution in [2.75, 3.05) is 13.1 Å². The van der Waals surface area contributed by atoms with E-state index >= 15 is 0 Å². The monoisotopic (exact) mass is 289 g/mol. The van der Waals surface area contributed by atoms with E-state index in [0.29, 0.717) is 25.0 Å². The fourth-order valence-electron chi connectivity index (χ4n) is 3.74. The van der Waals surface area contributed by atoms with Gasteiger partial charge in [-0.25, -0.2) is 0 Å². The summed E-state index contributed by atoms with van der Waals surface area (Å²) in [6.07, 6.45) is 4.48. The Bertz CT molecular complexity index is 532. The summed E-state index contributed by atoms with van der Waals surface area (Å²) in [5.74, 6) is 1.18. The molecule has 2 aliphatic rings. The van der Waals surface area contributed by atoms with Gasteiger partial charge < -0.3 is 9.42 Å². The number of aryl methyl sites for hydroxylation is 2. The van der Waals surface area contributed by atoms with Crippen molar-refractivity contribution in [1.29, 1.82) is 0 Å². The van der Waals surface area contributed by atoms with Crippen molar-refractivity contribution in [2.45, 2.75) is 51.7 Å². The van der Waals surface area contributed by atoms with Gasteiger partial charge in [-0.15, -0.1) is 6.58 Å². The van der Waals surface area contributed by atoms with Gasteiger partial charge in [0.05, 0.1) is 5.69 Å². The number of hydrogen-bond acceptors (Lipinski definition) is 4. The summed E-state index contributed by atoms with van der Waals surface area (Å²) in [5, 5.41) is 4.04. The second-order valence-corrected chi connectivity index (χ2v) is 6.07. The Hall–Kier alpha value is -1.62. The molecule has 0 bridgehead atoms. The number of piperidine rings is 1. The van der Waals surface area contributed by atoms with Crippen molar-refractivity contribution in [1.82, 2.24) is 15.0 Å². The summed E-state index contributed by atoms with van der Waals surface area (Å²) in [7, 11) is 0. The first-order chi connectivity index (χ1) is 10.1. The Morgan fingerprint density at radius 2 is 2.19 bits per heavy atom. The van der Waals surface area contributed by atoms with Crippen molar-refractivity contribution in [3.63, 3.8) is 0 Å². The Morgan fingerprint density at radius 1 is 1.38 bits per heavy atom. The zero-order valence-electron chi connectivity index (χ0n) is 12.8. The molecule has 5 heteroatoms. The van der Waals surface area contributed by atoms with E-state index in [2.05, 4.69) is 16.6 Å². The third-order valence-corrected chi connectivity index (χ3v) is 4.87. The van der Waals surface area contributed by atoms with Crippen LogP contribution in [0.4, 0.5) is 0 Å². The highest BCUT2D eigenvalue weighted by molar-refractivity contribution is 5.78. The van der Waals surface area contributed by atoms with Crippen LogP contribution in [-0.4, -0.2) is 46.0 Å². The standard InChI is InChI=1S/C16H23N3O2/c1-4-8-19-15-7-9-18(14(15)5-6-16(19)20)10-13-11(2)17-21-12(13)3/h4,14-15H,1,5-10H2,2-3H3/t14-,15-/m0/s1. The van der Waals surface area contributed by atoms with Crippen LogP contribution in [0.2, 0.25) is 0 Å². The normalized spacial score (nSPS) is 26.2. The second kappa shape index (κ2) is 5.64. The number of fused-ring (bicyclic) bond motifs is 1. The molecule has 0 unspecified atom stereocenters. The highest BCUT2D eigenvalue weighted by Gasteiger charge is 2.42. The van der Waals surface area contributed by atoms with Gasteiger partial charge in [-0.1, -0.05) is 11.2 Å². The molecular weight excluding hydrogens is 266 g/mol. The van der Waals surface area contributed by atoms with Gasteiger partial charge in [0.25, 0.3) is 0 Å². The maximum Gasteiger partial charge on any atom is 0.223 e. The summed E-state index contributed by atoms with van der Waals surface area (Å²) in [6.45, 7) is 10.3. The number of aromatic nitrogens is 1. The molecule has 3 heterocycles. The molecule has 0 aliphatic carbocycles. The number of nitrogens with zero attached hydrogens (tertiary/aromatic N) is 3. The van der Waals surface area contributed by atoms with E-state index in [1.54, 1.807) is 0 Å². The molecule has 2 atom stereocenters. The van der Waals surface area contributed by atoms with E-state index in [-0.39, 0.29) is 5.91 Å². The average Bonchev–Trinajstić information content (AvgIpc) is 3.01. The lowest BCUT2D eigenvalue weighted by atomic mass is 9.96. The van der Waals surface area contributed by atoms with Crippen LogP contribution >= 0.6 is 0 Å². The fourth-order valence-corrected chi connectivity index (χ4v) is 3.74. The molecule has 0 N–H and O–H groups in total. The van der Waals surface area contributed by atoms with Crippen LogP contribution in [0.1, 0.15) is 36.3 Å². The van der Waals surface area contributed by atoms with E-state index in [9.17, 15) is 4.79 Å². The van der Waals surface area contributed by atoms with Crippen LogP contribution in [0.5, 0.6) is 0 Å². The minimum absolute atomic E-state index is 0.273. The van der Waals surface area contributed by atoms with Crippen LogP contribution in [0.15, 0.2) is 17.2 Å². The number of amides is 1. The molecular formula is C16H23N3O2. The third kappa shape index (κ3) is 2.50. The SMILES string of the molecule is C=CCN1C(=O)CC[C@H]2[C@@H]1CCN2Cc1c(C)noc1C. The number of hydrogen-bond donors (Lipinski definition) is 0. The zero-order chi connectivity index (χ0) is 15.0. The fraction of sp³-hybridized carbons (Fsp3) is 0.625. The molecule has 0 spiro atoms. The van der Waals surface area contributed by atoms with Crippen LogP contribution in [0.25, 0.3) is 0 Å². The summed E-state index contributed by atoms with van der Waals surface area (Å²) < 4.78 is 5.26. The number of likely N-dealkylation sites (tertiary alicyclic amines) is 2. The van der Waals surface area contributed by atoms with Crippen LogP contribution in [-0.2, 0) is 11.3 Å². The lowest BCUT2D eigenvalue weighted by molar-refractivity contribution is -0.136. The van der Waals surface area contributed by atoms with E-state index in [1.165, 1.54) is 5.56 Å². The Balaban J connectivity index is 1.75. The van der Waals surface area contributed by atoms with Gasteiger partial charge in [0.2, 0.25) is 5.91 Å². The molecule has 0 saturated carbocycles. The maximum absolute atomic E-state index is 12.1. The molecule has 114 valence electrons. The Kier molecular flexibility index (Phi) is 3.85. The largest absolute Gasteiger partial charge is 0.361 e. The lowest BCUT2D eigenvalue weighted by Crippen LogP contribution is -2.52. The minimum Gasteiger partial charge on any atom is -0.361 e.